The second-order valence-corrected chi connectivity index (χ2v) is 9.03. The Balaban J connectivity index is 1.85. The van der Waals surface area contributed by atoms with Gasteiger partial charge in [-0.25, -0.2) is 4.68 Å². The van der Waals surface area contributed by atoms with Gasteiger partial charge in [-0.15, -0.1) is 0 Å². The highest BCUT2D eigenvalue weighted by atomic mass is 16.3. The van der Waals surface area contributed by atoms with Crippen LogP contribution < -0.4 is 21.8 Å². The molecule has 2 aromatic heterocycles. The van der Waals surface area contributed by atoms with Gasteiger partial charge in [0, 0.05) is 14.1 Å². The number of phenolic OH excluding ortho intramolecular Hbond substituents is 1. The summed E-state index contributed by atoms with van der Waals surface area (Å²) in [5.74, 6) is -0.274. The number of furan rings is 1. The molecule has 2 aromatic carbocycles. The first-order chi connectivity index (χ1) is 18.2. The van der Waals surface area contributed by atoms with E-state index >= 15 is 0 Å². The van der Waals surface area contributed by atoms with Crippen LogP contribution >= 0.6 is 0 Å². The third kappa shape index (κ3) is 5.39. The topological polar surface area (TPSA) is 133 Å². The molecular formula is C28H29N5O5. The van der Waals surface area contributed by atoms with Gasteiger partial charge in [-0.2, -0.15) is 0 Å². The van der Waals surface area contributed by atoms with E-state index in [4.69, 9.17) is 4.42 Å². The summed E-state index contributed by atoms with van der Waals surface area (Å²) in [6.07, 6.45) is 1.50. The lowest BCUT2D eigenvalue weighted by molar-refractivity contribution is 0.0824. The molecular weight excluding hydrogens is 486 g/mol. The molecule has 0 saturated heterocycles. The number of anilines is 3. The first kappa shape index (κ1) is 26.1. The Morgan fingerprint density at radius 3 is 2.45 bits per heavy atom. The second kappa shape index (κ2) is 11.0. The van der Waals surface area contributed by atoms with Crippen molar-refractivity contribution in [1.29, 1.82) is 0 Å². The van der Waals surface area contributed by atoms with Crippen LogP contribution in [0, 0.1) is 0 Å². The zero-order valence-electron chi connectivity index (χ0n) is 21.3. The van der Waals surface area contributed by atoms with Crippen molar-refractivity contribution in [3.05, 3.63) is 117 Å². The van der Waals surface area contributed by atoms with Gasteiger partial charge in [0.25, 0.3) is 17.0 Å². The zero-order chi connectivity index (χ0) is 27.4. The Labute approximate surface area is 218 Å². The molecule has 0 unspecified atom stereocenters. The third-order valence-electron chi connectivity index (χ3n) is 5.90. The lowest BCUT2D eigenvalue weighted by Gasteiger charge is -2.21. The number of carbonyl (C=O) groups excluding carboxylic acids is 1. The van der Waals surface area contributed by atoms with Gasteiger partial charge in [0.05, 0.1) is 24.1 Å². The largest absolute Gasteiger partial charge is 0.505 e. The second-order valence-electron chi connectivity index (χ2n) is 9.03. The van der Waals surface area contributed by atoms with E-state index in [1.54, 1.807) is 39.2 Å². The standard InChI is InChI=1S/C28H29N5O5/c1-17(2)22(21-14-9-15-38-21)30-23-24(29-20-13-8-12-19(25(20)34)27(36)32(3)4)28(37)33(31-26(23)35)16-18-10-6-5-7-11-18/h5-15,22,29-30,34H,1,16H2,2-4H3,(H,31,35)/t22-/m1/s1. The van der Waals surface area contributed by atoms with Gasteiger partial charge in [0.1, 0.15) is 23.2 Å². The molecule has 0 bridgehead atoms. The van der Waals surface area contributed by atoms with Crippen molar-refractivity contribution in [2.75, 3.05) is 24.7 Å². The Morgan fingerprint density at radius 1 is 1.08 bits per heavy atom. The number of phenols is 1. The molecule has 0 fully saturated rings. The fourth-order valence-corrected chi connectivity index (χ4v) is 3.95. The Kier molecular flexibility index (Phi) is 7.52. The summed E-state index contributed by atoms with van der Waals surface area (Å²) in [7, 11) is 3.13. The molecule has 0 radical (unpaired) electrons. The molecule has 4 rings (SSSR count). The van der Waals surface area contributed by atoms with E-state index < -0.39 is 23.1 Å². The highest BCUT2D eigenvalue weighted by Gasteiger charge is 2.24. The van der Waals surface area contributed by atoms with Crippen molar-refractivity contribution in [3.63, 3.8) is 0 Å². The van der Waals surface area contributed by atoms with E-state index in [2.05, 4.69) is 22.3 Å². The normalized spacial score (nSPS) is 11.6. The fraction of sp³-hybridized carbons (Fsp3) is 0.179. The Morgan fingerprint density at radius 2 is 1.82 bits per heavy atom. The van der Waals surface area contributed by atoms with Crippen molar-refractivity contribution in [1.82, 2.24) is 14.7 Å². The predicted molar refractivity (Wildman–Crippen MR) is 146 cm³/mol. The molecule has 4 aromatic rings. The van der Waals surface area contributed by atoms with Crippen molar-refractivity contribution in [2.24, 2.45) is 0 Å². The number of hydrogen-bond donors (Lipinski definition) is 4. The number of aromatic amines is 1. The number of para-hydroxylation sites is 1. The van der Waals surface area contributed by atoms with Gasteiger partial charge in [-0.1, -0.05) is 48.6 Å². The van der Waals surface area contributed by atoms with Gasteiger partial charge < -0.3 is 25.1 Å². The highest BCUT2D eigenvalue weighted by Crippen LogP contribution is 2.33. The van der Waals surface area contributed by atoms with Crippen LogP contribution in [-0.4, -0.2) is 39.8 Å². The van der Waals surface area contributed by atoms with E-state index in [-0.39, 0.29) is 34.9 Å². The number of hydrogen-bond acceptors (Lipinski definition) is 7. The van der Waals surface area contributed by atoms with Gasteiger partial charge in [-0.05, 0) is 36.8 Å². The van der Waals surface area contributed by atoms with E-state index in [0.717, 1.165) is 5.56 Å². The molecule has 10 heteroatoms. The van der Waals surface area contributed by atoms with Crippen molar-refractivity contribution >= 4 is 23.0 Å². The van der Waals surface area contributed by atoms with Crippen LogP contribution in [0.2, 0.25) is 0 Å². The SMILES string of the molecule is C=C(C)[C@@H](Nc1c(Nc2cccc(C(=O)N(C)C)c2O)c(=O)n(Cc2ccccc2)[nH]c1=O)c1ccco1. The number of aromatic hydroxyl groups is 1. The van der Waals surface area contributed by atoms with Crippen LogP contribution in [0.4, 0.5) is 17.1 Å². The fourth-order valence-electron chi connectivity index (χ4n) is 3.95. The number of amides is 1. The van der Waals surface area contributed by atoms with Crippen molar-refractivity contribution < 1.29 is 14.3 Å². The minimum Gasteiger partial charge on any atom is -0.505 e. The van der Waals surface area contributed by atoms with Crippen LogP contribution in [-0.2, 0) is 6.54 Å². The summed E-state index contributed by atoms with van der Waals surface area (Å²) in [6, 6.07) is 16.6. The zero-order valence-corrected chi connectivity index (χ0v) is 21.3. The number of nitrogens with zero attached hydrogens (tertiary/aromatic N) is 2. The maximum absolute atomic E-state index is 13.7. The van der Waals surface area contributed by atoms with E-state index in [9.17, 15) is 19.5 Å². The van der Waals surface area contributed by atoms with Gasteiger partial charge in [0.15, 0.2) is 5.75 Å². The molecule has 2 heterocycles. The molecule has 0 aliphatic heterocycles. The summed E-state index contributed by atoms with van der Waals surface area (Å²) < 4.78 is 6.70. The summed E-state index contributed by atoms with van der Waals surface area (Å²) in [4.78, 5) is 41.0. The molecule has 0 aliphatic carbocycles. The third-order valence-corrected chi connectivity index (χ3v) is 5.90. The lowest BCUT2D eigenvalue weighted by Crippen LogP contribution is -2.34. The van der Waals surface area contributed by atoms with E-state index in [1.165, 1.54) is 28.0 Å². The van der Waals surface area contributed by atoms with Crippen LogP contribution in [0.5, 0.6) is 5.75 Å². The van der Waals surface area contributed by atoms with Crippen LogP contribution in [0.15, 0.2) is 93.1 Å². The van der Waals surface area contributed by atoms with E-state index in [0.29, 0.717) is 11.3 Å². The minimum absolute atomic E-state index is 0.0411. The average molecular weight is 516 g/mol. The molecule has 196 valence electrons. The molecule has 0 aliphatic rings. The molecule has 4 N–H and O–H groups in total. The first-order valence-electron chi connectivity index (χ1n) is 11.8. The summed E-state index contributed by atoms with van der Waals surface area (Å²) >= 11 is 0. The quantitative estimate of drug-likeness (QED) is 0.195. The molecule has 0 saturated carbocycles. The van der Waals surface area contributed by atoms with E-state index in [1.807, 2.05) is 30.3 Å². The van der Waals surface area contributed by atoms with Gasteiger partial charge >= 0.3 is 0 Å². The van der Waals surface area contributed by atoms with Crippen molar-refractivity contribution in [3.8, 4) is 5.75 Å². The highest BCUT2D eigenvalue weighted by molar-refractivity contribution is 5.98. The molecule has 0 spiro atoms. The predicted octanol–water partition coefficient (Wildman–Crippen LogP) is 4.06. The van der Waals surface area contributed by atoms with Crippen LogP contribution in [0.25, 0.3) is 0 Å². The average Bonchev–Trinajstić information content (AvgIpc) is 3.42. The number of carbonyl (C=O) groups is 1. The molecule has 10 nitrogen and oxygen atoms in total. The lowest BCUT2D eigenvalue weighted by atomic mass is 10.1. The van der Waals surface area contributed by atoms with Crippen LogP contribution in [0.3, 0.4) is 0 Å². The number of nitrogens with one attached hydrogen (secondary N) is 3. The number of benzene rings is 2. The molecule has 38 heavy (non-hydrogen) atoms. The van der Waals surface area contributed by atoms with Crippen LogP contribution in [0.1, 0.15) is 34.6 Å². The summed E-state index contributed by atoms with van der Waals surface area (Å²) in [5, 5.41) is 19.5. The number of rotatable bonds is 9. The van der Waals surface area contributed by atoms with Gasteiger partial charge in [0.2, 0.25) is 0 Å². The molecule has 1 atom stereocenters. The minimum atomic E-state index is -0.619. The Hall–Kier alpha value is -4.99. The maximum Gasteiger partial charge on any atom is 0.291 e. The maximum atomic E-state index is 13.7. The molecule has 1 amide bonds. The number of H-pyrrole nitrogens is 1. The number of aromatic nitrogens is 2. The monoisotopic (exact) mass is 515 g/mol. The van der Waals surface area contributed by atoms with Crippen molar-refractivity contribution in [2.45, 2.75) is 19.5 Å². The first-order valence-corrected chi connectivity index (χ1v) is 11.8. The van der Waals surface area contributed by atoms with Gasteiger partial charge in [-0.3, -0.25) is 19.5 Å². The Bertz CT molecular complexity index is 1570. The smallest absolute Gasteiger partial charge is 0.291 e. The summed E-state index contributed by atoms with van der Waals surface area (Å²) in [6.45, 7) is 5.86. The summed E-state index contributed by atoms with van der Waals surface area (Å²) in [5.41, 5.74) is 0.230.